The molecule has 0 aromatic carbocycles. The molecule has 0 radical (unpaired) electrons. The average molecular weight is 262 g/mol. The molecule has 2 nitrogen and oxygen atoms in total. The lowest BCUT2D eigenvalue weighted by atomic mass is 10.0. The Balaban J connectivity index is 4.14. The minimum atomic E-state index is -2.92. The van der Waals surface area contributed by atoms with Crippen LogP contribution in [0.4, 0.5) is 0 Å². The quantitative estimate of drug-likeness (QED) is 0.648. The van der Waals surface area contributed by atoms with Crippen molar-refractivity contribution in [1.82, 2.24) is 0 Å². The highest BCUT2D eigenvalue weighted by Gasteiger charge is 2.25. The first kappa shape index (κ1) is 17.2. The summed E-state index contributed by atoms with van der Waals surface area (Å²) < 4.78 is 12.2. The summed E-state index contributed by atoms with van der Waals surface area (Å²) in [4.78, 5) is 10.0. The van der Waals surface area contributed by atoms with E-state index in [1.54, 1.807) is 0 Å². The van der Waals surface area contributed by atoms with Gasteiger partial charge in [0.25, 0.3) is 0 Å². The van der Waals surface area contributed by atoms with Crippen LogP contribution in [-0.2, 0) is 4.57 Å². The molecule has 0 fully saturated rings. The molecular weight excluding hydrogens is 231 g/mol. The molecule has 0 aliphatic heterocycles. The topological polar surface area (TPSA) is 37.3 Å². The van der Waals surface area contributed by atoms with Crippen LogP contribution in [0.25, 0.3) is 0 Å². The van der Waals surface area contributed by atoms with Gasteiger partial charge in [-0.2, -0.15) is 0 Å². The van der Waals surface area contributed by atoms with Gasteiger partial charge < -0.3 is 4.89 Å². The van der Waals surface area contributed by atoms with Gasteiger partial charge in [-0.3, -0.25) is 4.57 Å². The van der Waals surface area contributed by atoms with Crippen molar-refractivity contribution in [2.45, 2.75) is 54.4 Å². The Kier molecular flexibility index (Phi) is 7.67. The monoisotopic (exact) mass is 262 g/mol. The molecule has 104 valence electrons. The van der Waals surface area contributed by atoms with E-state index >= 15 is 0 Å². The van der Waals surface area contributed by atoms with Crippen LogP contribution >= 0.6 is 7.37 Å². The zero-order chi connectivity index (χ0) is 13.6. The summed E-state index contributed by atoms with van der Waals surface area (Å²) >= 11 is 0. The van der Waals surface area contributed by atoms with Crippen molar-refractivity contribution in [3.63, 3.8) is 0 Å². The Labute approximate surface area is 108 Å². The molecule has 0 aromatic rings. The molecule has 2 atom stereocenters. The van der Waals surface area contributed by atoms with Gasteiger partial charge in [0, 0.05) is 12.3 Å². The van der Waals surface area contributed by atoms with E-state index < -0.39 is 7.37 Å². The number of hydrogen-bond acceptors (Lipinski definition) is 1. The molecule has 3 heteroatoms. The van der Waals surface area contributed by atoms with Gasteiger partial charge in [0.05, 0.1) is 0 Å². The largest absolute Gasteiger partial charge is 0.344 e. The Morgan fingerprint density at radius 2 is 1.12 bits per heavy atom. The molecule has 0 spiro atoms. The van der Waals surface area contributed by atoms with Gasteiger partial charge in [0.15, 0.2) is 0 Å². The smallest absolute Gasteiger partial charge is 0.201 e. The molecule has 1 N–H and O–H groups in total. The first-order valence-electron chi connectivity index (χ1n) is 6.93. The zero-order valence-electron chi connectivity index (χ0n) is 12.4. The van der Waals surface area contributed by atoms with Gasteiger partial charge in [-0.05, 0) is 36.5 Å². The lowest BCUT2D eigenvalue weighted by Gasteiger charge is -2.22. The molecule has 0 aromatic heterocycles. The fourth-order valence-electron chi connectivity index (χ4n) is 2.81. The molecular formula is C14H31O2P. The van der Waals surface area contributed by atoms with Crippen LogP contribution in [0.2, 0.25) is 0 Å². The Morgan fingerprint density at radius 3 is 1.35 bits per heavy atom. The highest BCUT2D eigenvalue weighted by molar-refractivity contribution is 7.58. The molecule has 0 heterocycles. The lowest BCUT2D eigenvalue weighted by Crippen LogP contribution is -2.12. The van der Waals surface area contributed by atoms with E-state index in [2.05, 4.69) is 41.5 Å². The summed E-state index contributed by atoms with van der Waals surface area (Å²) in [7, 11) is -2.92. The molecule has 0 saturated heterocycles. The molecule has 0 rings (SSSR count). The van der Waals surface area contributed by atoms with E-state index in [4.69, 9.17) is 0 Å². The molecule has 17 heavy (non-hydrogen) atoms. The maximum Gasteiger partial charge on any atom is 0.201 e. The normalized spacial score (nSPS) is 19.4. The van der Waals surface area contributed by atoms with Crippen molar-refractivity contribution in [2.75, 3.05) is 12.3 Å². The maximum atomic E-state index is 12.2. The SMILES string of the molecule is CC(C)CC(C)CP(=O)(O)CC(C)CC(C)C. The maximum absolute atomic E-state index is 12.2. The van der Waals surface area contributed by atoms with E-state index in [-0.39, 0.29) is 0 Å². The molecule has 2 unspecified atom stereocenters. The second-order valence-corrected chi connectivity index (χ2v) is 9.10. The van der Waals surface area contributed by atoms with E-state index in [9.17, 15) is 9.46 Å². The van der Waals surface area contributed by atoms with Crippen LogP contribution in [0, 0.1) is 23.7 Å². The highest BCUT2D eigenvalue weighted by Crippen LogP contribution is 2.46. The van der Waals surface area contributed by atoms with Crippen molar-refractivity contribution in [2.24, 2.45) is 23.7 Å². The Bertz CT molecular complexity index is 227. The highest BCUT2D eigenvalue weighted by atomic mass is 31.2. The van der Waals surface area contributed by atoms with Gasteiger partial charge in [-0.15, -0.1) is 0 Å². The summed E-state index contributed by atoms with van der Waals surface area (Å²) in [5, 5.41) is 0. The summed E-state index contributed by atoms with van der Waals surface area (Å²) in [6.45, 7) is 12.9. The van der Waals surface area contributed by atoms with Crippen molar-refractivity contribution in [1.29, 1.82) is 0 Å². The fraction of sp³-hybridized carbons (Fsp3) is 1.00. The standard InChI is InChI=1S/C14H31O2P/c1-11(2)7-13(5)9-17(15,16)10-14(6)8-12(3)4/h11-14H,7-10H2,1-6H3,(H,15,16). The third-order valence-electron chi connectivity index (χ3n) is 2.94. The minimum Gasteiger partial charge on any atom is -0.344 e. The van der Waals surface area contributed by atoms with E-state index in [0.29, 0.717) is 36.0 Å². The summed E-state index contributed by atoms with van der Waals surface area (Å²) in [5.41, 5.74) is 0. The third-order valence-corrected chi connectivity index (χ3v) is 5.33. The molecule has 0 amide bonds. The van der Waals surface area contributed by atoms with E-state index in [0.717, 1.165) is 12.8 Å². The van der Waals surface area contributed by atoms with Crippen LogP contribution < -0.4 is 0 Å². The molecule has 0 bridgehead atoms. The lowest BCUT2D eigenvalue weighted by molar-refractivity contribution is 0.412. The molecule has 0 saturated carbocycles. The summed E-state index contributed by atoms with van der Waals surface area (Å²) in [5.74, 6) is 1.94. The first-order chi connectivity index (χ1) is 7.62. The van der Waals surface area contributed by atoms with E-state index in [1.165, 1.54) is 0 Å². The summed E-state index contributed by atoms with van der Waals surface area (Å²) in [6.07, 6.45) is 3.08. The second-order valence-electron chi connectivity index (χ2n) is 6.68. The van der Waals surface area contributed by atoms with Crippen molar-refractivity contribution in [3.8, 4) is 0 Å². The second kappa shape index (κ2) is 7.59. The third kappa shape index (κ3) is 9.85. The Morgan fingerprint density at radius 1 is 0.824 bits per heavy atom. The molecule has 0 aliphatic rings. The van der Waals surface area contributed by atoms with Crippen LogP contribution in [-0.4, -0.2) is 17.2 Å². The van der Waals surface area contributed by atoms with Gasteiger partial charge in [-0.25, -0.2) is 0 Å². The van der Waals surface area contributed by atoms with Crippen LogP contribution in [0.3, 0.4) is 0 Å². The van der Waals surface area contributed by atoms with Crippen LogP contribution in [0.5, 0.6) is 0 Å². The van der Waals surface area contributed by atoms with Crippen molar-refractivity contribution < 1.29 is 9.46 Å². The average Bonchev–Trinajstić information content (AvgIpc) is 1.95. The van der Waals surface area contributed by atoms with Crippen LogP contribution in [0.15, 0.2) is 0 Å². The fourth-order valence-corrected chi connectivity index (χ4v) is 5.20. The van der Waals surface area contributed by atoms with Gasteiger partial charge >= 0.3 is 0 Å². The predicted molar refractivity (Wildman–Crippen MR) is 76.8 cm³/mol. The van der Waals surface area contributed by atoms with Crippen LogP contribution in [0.1, 0.15) is 54.4 Å². The molecule has 0 aliphatic carbocycles. The van der Waals surface area contributed by atoms with Gasteiger partial charge in [0.1, 0.15) is 0 Å². The van der Waals surface area contributed by atoms with Gasteiger partial charge in [0.2, 0.25) is 7.37 Å². The zero-order valence-corrected chi connectivity index (χ0v) is 13.3. The minimum absolute atomic E-state index is 0.358. The number of rotatable bonds is 8. The Hall–Kier alpha value is 0.190. The summed E-state index contributed by atoms with van der Waals surface area (Å²) in [6, 6.07) is 0. The first-order valence-corrected chi connectivity index (χ1v) is 8.96. The van der Waals surface area contributed by atoms with Crippen molar-refractivity contribution in [3.05, 3.63) is 0 Å². The van der Waals surface area contributed by atoms with E-state index in [1.807, 2.05) is 0 Å². The van der Waals surface area contributed by atoms with Gasteiger partial charge in [-0.1, -0.05) is 41.5 Å². The van der Waals surface area contributed by atoms with Crippen molar-refractivity contribution >= 4 is 7.37 Å². The number of hydrogen-bond donors (Lipinski definition) is 1. The predicted octanol–water partition coefficient (Wildman–Crippen LogP) is 4.62.